The summed E-state index contributed by atoms with van der Waals surface area (Å²) in [5, 5.41) is 21.7. The molecular formula is C15H12ClNO4. The zero-order chi connectivity index (χ0) is 15.4. The quantitative estimate of drug-likeness (QED) is 0.758. The predicted octanol–water partition coefficient (Wildman–Crippen LogP) is 2.93. The first kappa shape index (κ1) is 14.9. The molecule has 0 aromatic heterocycles. The van der Waals surface area contributed by atoms with Crippen LogP contribution in [0.1, 0.15) is 15.9 Å². The van der Waals surface area contributed by atoms with Gasteiger partial charge in [-0.05, 0) is 23.8 Å². The first-order chi connectivity index (χ1) is 9.99. The first-order valence-corrected chi connectivity index (χ1v) is 6.45. The van der Waals surface area contributed by atoms with E-state index in [-0.39, 0.29) is 17.7 Å². The van der Waals surface area contributed by atoms with Gasteiger partial charge in [0.1, 0.15) is 5.56 Å². The van der Waals surface area contributed by atoms with Crippen LogP contribution in [-0.2, 0) is 11.2 Å². The van der Waals surface area contributed by atoms with E-state index in [9.17, 15) is 14.7 Å². The minimum atomic E-state index is -1.27. The molecule has 0 saturated heterocycles. The standard InChI is InChI=1S/C15H12ClNO4/c16-11-6-2-1-4-9(11)8-13(18)17-12-7-3-5-10(14(12)19)15(20)21/h1-7,19H,8H2,(H,17,18)(H,20,21). The molecule has 0 spiro atoms. The molecule has 5 nitrogen and oxygen atoms in total. The fourth-order valence-electron chi connectivity index (χ4n) is 1.83. The highest BCUT2D eigenvalue weighted by Gasteiger charge is 2.15. The zero-order valence-corrected chi connectivity index (χ0v) is 11.6. The van der Waals surface area contributed by atoms with Gasteiger partial charge in [-0.1, -0.05) is 35.9 Å². The van der Waals surface area contributed by atoms with Crippen LogP contribution in [0, 0.1) is 0 Å². The third kappa shape index (κ3) is 3.52. The van der Waals surface area contributed by atoms with E-state index in [1.165, 1.54) is 18.2 Å². The van der Waals surface area contributed by atoms with Crippen LogP contribution in [0.15, 0.2) is 42.5 Å². The summed E-state index contributed by atoms with van der Waals surface area (Å²) >= 11 is 5.96. The Hall–Kier alpha value is -2.53. The van der Waals surface area contributed by atoms with Crippen molar-refractivity contribution in [2.24, 2.45) is 0 Å². The maximum atomic E-state index is 11.9. The lowest BCUT2D eigenvalue weighted by Crippen LogP contribution is -2.15. The molecule has 2 aromatic rings. The van der Waals surface area contributed by atoms with Crippen molar-refractivity contribution in [2.75, 3.05) is 5.32 Å². The van der Waals surface area contributed by atoms with Crippen molar-refractivity contribution in [3.8, 4) is 5.75 Å². The molecule has 21 heavy (non-hydrogen) atoms. The highest BCUT2D eigenvalue weighted by Crippen LogP contribution is 2.27. The average Bonchev–Trinajstić information content (AvgIpc) is 2.43. The molecular weight excluding hydrogens is 294 g/mol. The van der Waals surface area contributed by atoms with Gasteiger partial charge in [-0.3, -0.25) is 4.79 Å². The molecule has 0 unspecified atom stereocenters. The monoisotopic (exact) mass is 305 g/mol. The number of hydrogen-bond acceptors (Lipinski definition) is 3. The number of phenols is 1. The van der Waals surface area contributed by atoms with Crippen LogP contribution in [-0.4, -0.2) is 22.1 Å². The first-order valence-electron chi connectivity index (χ1n) is 6.07. The number of anilines is 1. The van der Waals surface area contributed by atoms with Crippen LogP contribution in [0.3, 0.4) is 0 Å². The number of nitrogens with one attached hydrogen (secondary N) is 1. The van der Waals surface area contributed by atoms with Gasteiger partial charge in [0.25, 0.3) is 0 Å². The third-order valence-electron chi connectivity index (χ3n) is 2.85. The van der Waals surface area contributed by atoms with Gasteiger partial charge in [-0.15, -0.1) is 0 Å². The van der Waals surface area contributed by atoms with Gasteiger partial charge >= 0.3 is 5.97 Å². The second-order valence-electron chi connectivity index (χ2n) is 4.32. The number of carbonyl (C=O) groups is 2. The molecule has 0 aliphatic rings. The summed E-state index contributed by atoms with van der Waals surface area (Å²) < 4.78 is 0. The summed E-state index contributed by atoms with van der Waals surface area (Å²) in [7, 11) is 0. The molecule has 0 aliphatic heterocycles. The van der Waals surface area contributed by atoms with Crippen molar-refractivity contribution in [3.05, 3.63) is 58.6 Å². The van der Waals surface area contributed by atoms with Crippen LogP contribution >= 0.6 is 11.6 Å². The Morgan fingerprint density at radius 3 is 2.48 bits per heavy atom. The van der Waals surface area contributed by atoms with Crippen molar-refractivity contribution in [2.45, 2.75) is 6.42 Å². The minimum Gasteiger partial charge on any atom is -0.505 e. The number of amides is 1. The molecule has 0 heterocycles. The van der Waals surface area contributed by atoms with Crippen LogP contribution < -0.4 is 5.32 Å². The summed E-state index contributed by atoms with van der Waals surface area (Å²) in [6.45, 7) is 0. The number of carboxylic acids is 1. The molecule has 0 bridgehead atoms. The summed E-state index contributed by atoms with van der Waals surface area (Å²) in [6, 6.07) is 11.0. The molecule has 6 heteroatoms. The molecule has 1 amide bonds. The summed E-state index contributed by atoms with van der Waals surface area (Å²) in [6.07, 6.45) is 0.0242. The van der Waals surface area contributed by atoms with Crippen LogP contribution in [0.5, 0.6) is 5.75 Å². The highest BCUT2D eigenvalue weighted by atomic mass is 35.5. The van der Waals surface area contributed by atoms with Crippen molar-refractivity contribution >= 4 is 29.2 Å². The van der Waals surface area contributed by atoms with E-state index in [4.69, 9.17) is 16.7 Å². The largest absolute Gasteiger partial charge is 0.505 e. The fraction of sp³-hybridized carbons (Fsp3) is 0.0667. The van der Waals surface area contributed by atoms with E-state index < -0.39 is 17.6 Å². The van der Waals surface area contributed by atoms with Gasteiger partial charge < -0.3 is 15.5 Å². The van der Waals surface area contributed by atoms with Gasteiger partial charge in [0.05, 0.1) is 12.1 Å². The SMILES string of the molecule is O=C(Cc1ccccc1Cl)Nc1cccc(C(=O)O)c1O. The Bertz CT molecular complexity index is 700. The van der Waals surface area contributed by atoms with Gasteiger partial charge in [-0.25, -0.2) is 4.79 Å². The molecule has 2 rings (SSSR count). The molecule has 108 valence electrons. The lowest BCUT2D eigenvalue weighted by Gasteiger charge is -2.09. The summed E-state index contributed by atoms with van der Waals surface area (Å²) in [5.74, 6) is -2.15. The third-order valence-corrected chi connectivity index (χ3v) is 3.22. The van der Waals surface area contributed by atoms with Crippen LogP contribution in [0.4, 0.5) is 5.69 Å². The molecule has 0 atom stereocenters. The topological polar surface area (TPSA) is 86.6 Å². The Morgan fingerprint density at radius 1 is 1.10 bits per heavy atom. The minimum absolute atomic E-state index is 0.0242. The van der Waals surface area contributed by atoms with Gasteiger partial charge in [0, 0.05) is 5.02 Å². The second-order valence-corrected chi connectivity index (χ2v) is 4.73. The average molecular weight is 306 g/mol. The zero-order valence-electron chi connectivity index (χ0n) is 10.8. The van der Waals surface area contributed by atoms with Crippen molar-refractivity contribution in [3.63, 3.8) is 0 Å². The lowest BCUT2D eigenvalue weighted by molar-refractivity contribution is -0.115. The number of aromatic hydroxyl groups is 1. The number of benzene rings is 2. The van der Waals surface area contributed by atoms with E-state index in [2.05, 4.69) is 5.32 Å². The van der Waals surface area contributed by atoms with Crippen molar-refractivity contribution in [1.29, 1.82) is 0 Å². The van der Waals surface area contributed by atoms with E-state index >= 15 is 0 Å². The summed E-state index contributed by atoms with van der Waals surface area (Å²) in [5.41, 5.74) is 0.419. The fourth-order valence-corrected chi connectivity index (χ4v) is 2.03. The van der Waals surface area contributed by atoms with Crippen LogP contribution in [0.2, 0.25) is 5.02 Å². The maximum absolute atomic E-state index is 11.9. The number of hydrogen-bond donors (Lipinski definition) is 3. The van der Waals surface area contributed by atoms with E-state index in [1.807, 2.05) is 0 Å². The smallest absolute Gasteiger partial charge is 0.339 e. The molecule has 0 aliphatic carbocycles. The highest BCUT2D eigenvalue weighted by molar-refractivity contribution is 6.31. The molecule has 0 radical (unpaired) electrons. The predicted molar refractivity (Wildman–Crippen MR) is 78.9 cm³/mol. The van der Waals surface area contributed by atoms with E-state index in [0.29, 0.717) is 10.6 Å². The Morgan fingerprint density at radius 2 is 1.81 bits per heavy atom. The number of carboxylic acid groups (broad SMARTS) is 1. The molecule has 2 aromatic carbocycles. The van der Waals surface area contributed by atoms with Gasteiger partial charge in [-0.2, -0.15) is 0 Å². The van der Waals surface area contributed by atoms with Crippen LogP contribution in [0.25, 0.3) is 0 Å². The van der Waals surface area contributed by atoms with E-state index in [1.54, 1.807) is 24.3 Å². The number of rotatable bonds is 4. The number of aromatic carboxylic acids is 1. The second kappa shape index (κ2) is 6.28. The van der Waals surface area contributed by atoms with Gasteiger partial charge in [0.15, 0.2) is 5.75 Å². The molecule has 0 fully saturated rings. The number of para-hydroxylation sites is 1. The Balaban J connectivity index is 2.15. The normalized spacial score (nSPS) is 10.1. The Kier molecular flexibility index (Phi) is 4.45. The number of carbonyl (C=O) groups excluding carboxylic acids is 1. The summed E-state index contributed by atoms with van der Waals surface area (Å²) in [4.78, 5) is 22.8. The van der Waals surface area contributed by atoms with Crippen molar-refractivity contribution in [1.82, 2.24) is 0 Å². The van der Waals surface area contributed by atoms with E-state index in [0.717, 1.165) is 0 Å². The molecule has 0 saturated carbocycles. The van der Waals surface area contributed by atoms with Crippen molar-refractivity contribution < 1.29 is 19.8 Å². The Labute approximate surface area is 125 Å². The number of halogens is 1. The van der Waals surface area contributed by atoms with Gasteiger partial charge in [0.2, 0.25) is 5.91 Å². The maximum Gasteiger partial charge on any atom is 0.339 e. The molecule has 3 N–H and O–H groups in total. The lowest BCUT2D eigenvalue weighted by atomic mass is 10.1.